The van der Waals surface area contributed by atoms with Gasteiger partial charge in [0.25, 0.3) is 0 Å². The Morgan fingerprint density at radius 2 is 1.51 bits per heavy atom. The molecule has 200 valence electrons. The number of benzene rings is 4. The topological polar surface area (TPSA) is 3.24 Å². The number of allylic oxidation sites excluding steroid dienone is 7. The minimum atomic E-state index is 0.405. The fourth-order valence-corrected chi connectivity index (χ4v) is 5.86. The zero-order valence-electron chi connectivity index (χ0n) is 23.4. The summed E-state index contributed by atoms with van der Waals surface area (Å²) in [5, 5.41) is 0. The largest absolute Gasteiger partial charge is 0.315 e. The van der Waals surface area contributed by atoms with Gasteiger partial charge in [-0.05, 0) is 88.6 Å². The summed E-state index contributed by atoms with van der Waals surface area (Å²) in [6, 6.07) is 34.9. The summed E-state index contributed by atoms with van der Waals surface area (Å²) in [5.41, 5.74) is 12.1. The molecule has 2 aliphatic rings. The molecule has 0 spiro atoms. The van der Waals surface area contributed by atoms with Crippen molar-refractivity contribution in [2.24, 2.45) is 0 Å². The van der Waals surface area contributed by atoms with E-state index in [-0.39, 0.29) is 0 Å². The van der Waals surface area contributed by atoms with Gasteiger partial charge in [-0.1, -0.05) is 128 Å². The van der Waals surface area contributed by atoms with Gasteiger partial charge in [-0.2, -0.15) is 0 Å². The molecule has 0 bridgehead atoms. The summed E-state index contributed by atoms with van der Waals surface area (Å²) in [7, 11) is 0. The predicted octanol–water partition coefficient (Wildman–Crippen LogP) is 11.0. The Morgan fingerprint density at radius 3 is 2.20 bits per heavy atom. The SMILES string of the molecule is C=Cc1ccc(-c2ccc(N(C3=CCC(c4ccccc4)C=C3)C3=CC=CCC3)cc2-c2ccccc2)cc1C=C. The van der Waals surface area contributed by atoms with E-state index in [0.717, 1.165) is 30.4 Å². The van der Waals surface area contributed by atoms with E-state index in [1.54, 1.807) is 0 Å². The van der Waals surface area contributed by atoms with E-state index in [1.165, 1.54) is 44.9 Å². The van der Waals surface area contributed by atoms with Gasteiger partial charge >= 0.3 is 0 Å². The third kappa shape index (κ3) is 5.58. The normalized spacial score (nSPS) is 16.0. The number of hydrogen-bond donors (Lipinski definition) is 0. The molecule has 0 saturated heterocycles. The maximum Gasteiger partial charge on any atom is 0.0464 e. The van der Waals surface area contributed by atoms with Gasteiger partial charge in [0.2, 0.25) is 0 Å². The van der Waals surface area contributed by atoms with Crippen molar-refractivity contribution in [2.75, 3.05) is 4.90 Å². The monoisotopic (exact) mass is 529 g/mol. The van der Waals surface area contributed by atoms with Gasteiger partial charge in [-0.3, -0.25) is 0 Å². The molecule has 1 heteroatoms. The molecule has 0 heterocycles. The number of rotatable bonds is 8. The number of anilines is 1. The van der Waals surface area contributed by atoms with Gasteiger partial charge in [0.05, 0.1) is 0 Å². The zero-order chi connectivity index (χ0) is 28.0. The maximum atomic E-state index is 4.04. The Morgan fingerprint density at radius 1 is 0.732 bits per heavy atom. The van der Waals surface area contributed by atoms with Crippen molar-refractivity contribution >= 4 is 17.8 Å². The Bertz CT molecular complexity index is 1680. The highest BCUT2D eigenvalue weighted by atomic mass is 15.2. The summed E-state index contributed by atoms with van der Waals surface area (Å²) in [4.78, 5) is 2.45. The highest BCUT2D eigenvalue weighted by Crippen LogP contribution is 2.40. The molecule has 2 aliphatic carbocycles. The van der Waals surface area contributed by atoms with E-state index in [9.17, 15) is 0 Å². The second-order valence-electron chi connectivity index (χ2n) is 10.5. The lowest BCUT2D eigenvalue weighted by molar-refractivity contribution is 0.826. The second-order valence-corrected chi connectivity index (χ2v) is 10.5. The van der Waals surface area contributed by atoms with E-state index in [1.807, 2.05) is 12.2 Å². The lowest BCUT2D eigenvalue weighted by atomic mass is 9.90. The van der Waals surface area contributed by atoms with Gasteiger partial charge in [0, 0.05) is 23.0 Å². The summed E-state index contributed by atoms with van der Waals surface area (Å²) in [6.45, 7) is 8.02. The van der Waals surface area contributed by atoms with Crippen molar-refractivity contribution in [3.05, 3.63) is 175 Å². The van der Waals surface area contributed by atoms with Crippen LogP contribution >= 0.6 is 0 Å². The van der Waals surface area contributed by atoms with Crippen LogP contribution in [0.5, 0.6) is 0 Å². The molecule has 0 saturated carbocycles. The van der Waals surface area contributed by atoms with E-state index >= 15 is 0 Å². The molecular formula is C40H35N. The molecule has 41 heavy (non-hydrogen) atoms. The van der Waals surface area contributed by atoms with Crippen molar-refractivity contribution in [3.63, 3.8) is 0 Å². The lowest BCUT2D eigenvalue weighted by Gasteiger charge is -2.32. The van der Waals surface area contributed by atoms with Crippen LogP contribution < -0.4 is 4.90 Å². The van der Waals surface area contributed by atoms with Gasteiger partial charge in [-0.15, -0.1) is 0 Å². The fraction of sp³-hybridized carbons (Fsp3) is 0.100. The molecule has 1 unspecified atom stereocenters. The van der Waals surface area contributed by atoms with E-state index in [2.05, 4.69) is 152 Å². The molecule has 4 aromatic carbocycles. The molecule has 0 fully saturated rings. The third-order valence-corrected chi connectivity index (χ3v) is 8.03. The highest BCUT2D eigenvalue weighted by Gasteiger charge is 2.21. The lowest BCUT2D eigenvalue weighted by Crippen LogP contribution is -2.23. The quantitative estimate of drug-likeness (QED) is 0.219. The van der Waals surface area contributed by atoms with E-state index in [0.29, 0.717) is 5.92 Å². The summed E-state index contributed by atoms with van der Waals surface area (Å²) >= 11 is 0. The molecular weight excluding hydrogens is 494 g/mol. The number of nitrogens with zero attached hydrogens (tertiary/aromatic N) is 1. The van der Waals surface area contributed by atoms with Crippen LogP contribution in [0, 0.1) is 0 Å². The Hall–Kier alpha value is -4.88. The van der Waals surface area contributed by atoms with Gasteiger partial charge in [0.15, 0.2) is 0 Å². The predicted molar refractivity (Wildman–Crippen MR) is 177 cm³/mol. The van der Waals surface area contributed by atoms with E-state index < -0.39 is 0 Å². The summed E-state index contributed by atoms with van der Waals surface area (Å²) in [6.07, 6.45) is 20.6. The summed E-state index contributed by atoms with van der Waals surface area (Å²) in [5.74, 6) is 0.405. The number of hydrogen-bond acceptors (Lipinski definition) is 1. The average Bonchev–Trinajstić information content (AvgIpc) is 3.06. The van der Waals surface area contributed by atoms with Gasteiger partial charge in [-0.25, -0.2) is 0 Å². The minimum absolute atomic E-state index is 0.405. The molecule has 1 atom stereocenters. The van der Waals surface area contributed by atoms with Crippen LogP contribution in [0.1, 0.15) is 41.9 Å². The van der Waals surface area contributed by atoms with Gasteiger partial charge < -0.3 is 4.90 Å². The van der Waals surface area contributed by atoms with Crippen LogP contribution in [0.2, 0.25) is 0 Å². The minimum Gasteiger partial charge on any atom is -0.315 e. The molecule has 0 radical (unpaired) electrons. The van der Waals surface area contributed by atoms with Crippen molar-refractivity contribution in [1.82, 2.24) is 0 Å². The average molecular weight is 530 g/mol. The standard InChI is InChI=1S/C40H35N/c1-3-30-20-21-35(28-31(30)4-2)39-27-26-38(29-40(39)34-16-10-6-11-17-34)41(36-18-12-7-13-19-36)37-24-22-33(23-25-37)32-14-8-5-9-15-32/h3-12,14-18,20-22,24-29,33H,1-2,13,19,23H2. The maximum absolute atomic E-state index is 4.04. The van der Waals surface area contributed by atoms with Crippen LogP contribution in [0.25, 0.3) is 34.4 Å². The van der Waals surface area contributed by atoms with Crippen LogP contribution in [-0.4, -0.2) is 0 Å². The summed E-state index contributed by atoms with van der Waals surface area (Å²) < 4.78 is 0. The Labute approximate surface area is 244 Å². The van der Waals surface area contributed by atoms with Crippen molar-refractivity contribution < 1.29 is 0 Å². The van der Waals surface area contributed by atoms with Crippen LogP contribution in [-0.2, 0) is 0 Å². The van der Waals surface area contributed by atoms with E-state index in [4.69, 9.17) is 0 Å². The molecule has 6 rings (SSSR count). The first-order valence-electron chi connectivity index (χ1n) is 14.4. The Kier molecular flexibility index (Phi) is 7.78. The molecule has 4 aromatic rings. The second kappa shape index (κ2) is 12.1. The van der Waals surface area contributed by atoms with Crippen molar-refractivity contribution in [1.29, 1.82) is 0 Å². The molecule has 0 aromatic heterocycles. The highest BCUT2D eigenvalue weighted by molar-refractivity contribution is 5.88. The molecule has 0 amide bonds. The fourth-order valence-electron chi connectivity index (χ4n) is 5.86. The first kappa shape index (κ1) is 26.3. The van der Waals surface area contributed by atoms with Crippen molar-refractivity contribution in [3.8, 4) is 22.3 Å². The Balaban J connectivity index is 1.45. The van der Waals surface area contributed by atoms with Gasteiger partial charge in [0.1, 0.15) is 0 Å². The molecule has 1 nitrogen and oxygen atoms in total. The zero-order valence-corrected chi connectivity index (χ0v) is 23.4. The smallest absolute Gasteiger partial charge is 0.0464 e. The molecule has 0 N–H and O–H groups in total. The first-order chi connectivity index (χ1) is 20.2. The van der Waals surface area contributed by atoms with Crippen LogP contribution in [0.3, 0.4) is 0 Å². The first-order valence-corrected chi connectivity index (χ1v) is 14.4. The third-order valence-electron chi connectivity index (χ3n) is 8.03. The molecule has 0 aliphatic heterocycles. The van der Waals surface area contributed by atoms with Crippen LogP contribution in [0.15, 0.2) is 158 Å². The van der Waals surface area contributed by atoms with Crippen molar-refractivity contribution in [2.45, 2.75) is 25.2 Å². The van der Waals surface area contributed by atoms with Crippen LogP contribution in [0.4, 0.5) is 5.69 Å².